The van der Waals surface area contributed by atoms with Gasteiger partial charge in [0.2, 0.25) is 0 Å². The average molecular weight is 260 g/mol. The maximum absolute atomic E-state index is 10.6. The minimum Gasteiger partial charge on any atom is -0.455 e. The van der Waals surface area contributed by atoms with E-state index >= 15 is 0 Å². The van der Waals surface area contributed by atoms with Gasteiger partial charge in [0, 0.05) is 12.1 Å². The molecule has 19 heavy (non-hydrogen) atoms. The second-order valence-corrected chi connectivity index (χ2v) is 3.95. The minimum atomic E-state index is -0.450. The molecule has 0 amide bonds. The number of non-ortho nitro benzene ring substituents is 1. The summed E-state index contributed by atoms with van der Waals surface area (Å²) >= 11 is 0. The molecule has 1 aromatic heterocycles. The molecule has 0 atom stereocenters. The van der Waals surface area contributed by atoms with Crippen molar-refractivity contribution in [1.82, 2.24) is 4.98 Å². The molecule has 2 aromatic rings. The molecular weight excluding hydrogens is 248 g/mol. The first-order chi connectivity index (χ1) is 9.10. The molecule has 0 aliphatic rings. The lowest BCUT2D eigenvalue weighted by Crippen LogP contribution is -1.93. The van der Waals surface area contributed by atoms with Crippen molar-refractivity contribution < 1.29 is 14.8 Å². The molecule has 0 unspecified atom stereocenters. The van der Waals surface area contributed by atoms with Crippen LogP contribution in [-0.4, -0.2) is 15.0 Å². The molecule has 1 heterocycles. The maximum atomic E-state index is 10.6. The minimum absolute atomic E-state index is 0.0265. The van der Waals surface area contributed by atoms with Gasteiger partial charge in [-0.1, -0.05) is 0 Å². The lowest BCUT2D eigenvalue weighted by atomic mass is 10.2. The molecule has 0 fully saturated rings. The topological polar surface area (TPSA) is 85.5 Å². The largest absolute Gasteiger partial charge is 0.455 e. The number of pyridine rings is 1. The molecule has 0 spiro atoms. The van der Waals surface area contributed by atoms with Crippen LogP contribution in [0.2, 0.25) is 0 Å². The van der Waals surface area contributed by atoms with Gasteiger partial charge < -0.3 is 9.84 Å². The Morgan fingerprint density at radius 2 is 2.16 bits per heavy atom. The highest BCUT2D eigenvalue weighted by Crippen LogP contribution is 2.27. The summed E-state index contributed by atoms with van der Waals surface area (Å²) in [5.41, 5.74) is 1.24. The molecule has 1 aromatic carbocycles. The summed E-state index contributed by atoms with van der Waals surface area (Å²) in [6, 6.07) is 7.71. The molecule has 0 radical (unpaired) electrons. The van der Waals surface area contributed by atoms with Crippen LogP contribution in [0.1, 0.15) is 11.3 Å². The van der Waals surface area contributed by atoms with E-state index < -0.39 is 4.92 Å². The molecule has 2 rings (SSSR count). The predicted octanol–water partition coefficient (Wildman–Crippen LogP) is 2.58. The van der Waals surface area contributed by atoms with Gasteiger partial charge in [0.25, 0.3) is 5.69 Å². The van der Waals surface area contributed by atoms with Crippen molar-refractivity contribution in [2.24, 2.45) is 0 Å². The van der Waals surface area contributed by atoms with Gasteiger partial charge in [-0.2, -0.15) is 0 Å². The third-order valence-corrected chi connectivity index (χ3v) is 2.56. The summed E-state index contributed by atoms with van der Waals surface area (Å²) < 4.78 is 5.58. The first kappa shape index (κ1) is 13.0. The van der Waals surface area contributed by atoms with Gasteiger partial charge in [-0.15, -0.1) is 0 Å². The van der Waals surface area contributed by atoms with E-state index in [9.17, 15) is 10.1 Å². The van der Waals surface area contributed by atoms with Crippen LogP contribution in [0.3, 0.4) is 0 Å². The Kier molecular flexibility index (Phi) is 3.72. The van der Waals surface area contributed by atoms with Gasteiger partial charge >= 0.3 is 0 Å². The fourth-order valence-corrected chi connectivity index (χ4v) is 1.55. The van der Waals surface area contributed by atoms with Crippen LogP contribution in [0.5, 0.6) is 11.5 Å². The third kappa shape index (κ3) is 3.05. The van der Waals surface area contributed by atoms with Gasteiger partial charge in [0.15, 0.2) is 0 Å². The van der Waals surface area contributed by atoms with E-state index in [1.54, 1.807) is 25.1 Å². The molecule has 6 nitrogen and oxygen atoms in total. The summed E-state index contributed by atoms with van der Waals surface area (Å²) in [5.74, 6) is 1.04. The number of hydrogen-bond donors (Lipinski definition) is 1. The Morgan fingerprint density at radius 3 is 2.68 bits per heavy atom. The monoisotopic (exact) mass is 260 g/mol. The highest BCUT2D eigenvalue weighted by molar-refractivity contribution is 5.44. The molecule has 0 bridgehead atoms. The number of nitrogens with zero attached hydrogens (tertiary/aromatic N) is 2. The average Bonchev–Trinajstić information content (AvgIpc) is 2.41. The number of aliphatic hydroxyl groups excluding tert-OH is 1. The van der Waals surface area contributed by atoms with Crippen molar-refractivity contribution in [3.8, 4) is 11.5 Å². The van der Waals surface area contributed by atoms with Gasteiger partial charge in [-0.3, -0.25) is 15.1 Å². The van der Waals surface area contributed by atoms with Crippen LogP contribution < -0.4 is 4.74 Å². The van der Waals surface area contributed by atoms with E-state index in [2.05, 4.69) is 4.98 Å². The zero-order valence-corrected chi connectivity index (χ0v) is 10.2. The van der Waals surface area contributed by atoms with E-state index in [0.29, 0.717) is 22.8 Å². The number of benzene rings is 1. The number of aliphatic hydroxyl groups is 1. The molecule has 6 heteroatoms. The number of nitro benzene ring substituents is 1. The summed E-state index contributed by atoms with van der Waals surface area (Å²) in [4.78, 5) is 14.2. The molecule has 0 aliphatic carbocycles. The van der Waals surface area contributed by atoms with E-state index in [-0.39, 0.29) is 12.3 Å². The fourth-order valence-electron chi connectivity index (χ4n) is 1.55. The summed E-state index contributed by atoms with van der Waals surface area (Å²) in [7, 11) is 0. The number of ether oxygens (including phenoxy) is 1. The van der Waals surface area contributed by atoms with Gasteiger partial charge in [-0.25, -0.2) is 0 Å². The third-order valence-electron chi connectivity index (χ3n) is 2.56. The molecular formula is C13H12N2O4. The number of rotatable bonds is 4. The van der Waals surface area contributed by atoms with E-state index in [0.717, 1.165) is 0 Å². The highest BCUT2D eigenvalue weighted by Gasteiger charge is 2.09. The van der Waals surface area contributed by atoms with Crippen molar-refractivity contribution in [3.05, 3.63) is 57.9 Å². The van der Waals surface area contributed by atoms with E-state index in [1.165, 1.54) is 18.3 Å². The number of aromatic nitrogens is 1. The number of hydrogen-bond acceptors (Lipinski definition) is 5. The van der Waals surface area contributed by atoms with Crippen LogP contribution in [0.15, 0.2) is 36.5 Å². The molecule has 0 aliphatic heterocycles. The van der Waals surface area contributed by atoms with Crippen LogP contribution >= 0.6 is 0 Å². The Bertz CT molecular complexity index is 596. The Balaban J connectivity index is 2.20. The Labute approximate surface area is 109 Å². The van der Waals surface area contributed by atoms with Gasteiger partial charge in [-0.05, 0) is 30.7 Å². The smallest absolute Gasteiger partial charge is 0.269 e. The standard InChI is InChI=1S/C13H12N2O4/c1-9-6-11(15(17)18)3-5-13(9)19-12-4-2-10(8-16)14-7-12/h2-7,16H,8H2,1H3. The SMILES string of the molecule is Cc1cc([N+](=O)[O-])ccc1Oc1ccc(CO)nc1. The first-order valence-corrected chi connectivity index (χ1v) is 5.59. The lowest BCUT2D eigenvalue weighted by Gasteiger charge is -2.08. The second kappa shape index (κ2) is 5.45. The lowest BCUT2D eigenvalue weighted by molar-refractivity contribution is -0.384. The normalized spacial score (nSPS) is 10.2. The number of aryl methyl sites for hydroxylation is 1. The van der Waals surface area contributed by atoms with Crippen LogP contribution in [0, 0.1) is 17.0 Å². The second-order valence-electron chi connectivity index (χ2n) is 3.95. The van der Waals surface area contributed by atoms with Crippen molar-refractivity contribution in [2.45, 2.75) is 13.5 Å². The molecule has 98 valence electrons. The Hall–Kier alpha value is -2.47. The predicted molar refractivity (Wildman–Crippen MR) is 68.1 cm³/mol. The van der Waals surface area contributed by atoms with E-state index in [4.69, 9.17) is 9.84 Å². The van der Waals surface area contributed by atoms with Crippen molar-refractivity contribution in [1.29, 1.82) is 0 Å². The number of nitro groups is 1. The highest BCUT2D eigenvalue weighted by atomic mass is 16.6. The van der Waals surface area contributed by atoms with Crippen molar-refractivity contribution in [3.63, 3.8) is 0 Å². The van der Waals surface area contributed by atoms with Gasteiger partial charge in [0.1, 0.15) is 11.5 Å². The molecule has 0 saturated carbocycles. The Morgan fingerprint density at radius 1 is 1.37 bits per heavy atom. The van der Waals surface area contributed by atoms with E-state index in [1.807, 2.05) is 0 Å². The molecule has 0 saturated heterocycles. The first-order valence-electron chi connectivity index (χ1n) is 5.59. The quantitative estimate of drug-likeness (QED) is 0.674. The fraction of sp³-hybridized carbons (Fsp3) is 0.154. The molecule has 1 N–H and O–H groups in total. The zero-order chi connectivity index (χ0) is 13.8. The van der Waals surface area contributed by atoms with Crippen molar-refractivity contribution in [2.75, 3.05) is 0 Å². The van der Waals surface area contributed by atoms with Gasteiger partial charge in [0.05, 0.1) is 23.4 Å². The van der Waals surface area contributed by atoms with Crippen LogP contribution in [0.4, 0.5) is 5.69 Å². The zero-order valence-electron chi connectivity index (χ0n) is 10.2. The summed E-state index contributed by atoms with van der Waals surface area (Å²) in [6.45, 7) is 1.61. The maximum Gasteiger partial charge on any atom is 0.269 e. The summed E-state index contributed by atoms with van der Waals surface area (Å²) in [5, 5.41) is 19.5. The summed E-state index contributed by atoms with van der Waals surface area (Å²) in [6.07, 6.45) is 1.49. The van der Waals surface area contributed by atoms with Crippen molar-refractivity contribution >= 4 is 5.69 Å². The van der Waals surface area contributed by atoms with Crippen LogP contribution in [0.25, 0.3) is 0 Å². The van der Waals surface area contributed by atoms with Crippen LogP contribution in [-0.2, 0) is 6.61 Å².